The number of hydrogen-bond acceptors (Lipinski definition) is 7. The molecule has 8 nitrogen and oxygen atoms in total. The van der Waals surface area contributed by atoms with Crippen molar-refractivity contribution in [2.45, 2.75) is 58.1 Å². The number of benzene rings is 1. The molecule has 1 aliphatic heterocycles. The van der Waals surface area contributed by atoms with E-state index in [1.54, 1.807) is 11.8 Å². The molecule has 1 N–H and O–H groups in total. The molecular formula is C22H27BrN4O4. The molecule has 2 aliphatic rings. The summed E-state index contributed by atoms with van der Waals surface area (Å²) in [6.07, 6.45) is 6.63. The van der Waals surface area contributed by atoms with Gasteiger partial charge in [-0.2, -0.15) is 10.1 Å². The Labute approximate surface area is 190 Å². The van der Waals surface area contributed by atoms with Gasteiger partial charge < -0.3 is 19.5 Å². The molecule has 0 saturated heterocycles. The molecule has 1 unspecified atom stereocenters. The minimum atomic E-state index is -0.503. The fourth-order valence-corrected chi connectivity index (χ4v) is 4.89. The van der Waals surface area contributed by atoms with Gasteiger partial charge in [-0.25, -0.2) is 9.48 Å². The van der Waals surface area contributed by atoms with E-state index in [9.17, 15) is 4.79 Å². The Morgan fingerprint density at radius 1 is 1.29 bits per heavy atom. The summed E-state index contributed by atoms with van der Waals surface area (Å²) in [5.74, 6) is 1.44. The van der Waals surface area contributed by atoms with Crippen LogP contribution < -0.4 is 14.8 Å². The monoisotopic (exact) mass is 490 g/mol. The van der Waals surface area contributed by atoms with Gasteiger partial charge in [-0.3, -0.25) is 0 Å². The Hall–Kier alpha value is -2.55. The van der Waals surface area contributed by atoms with Gasteiger partial charge in [-0.05, 0) is 73.2 Å². The maximum absolute atomic E-state index is 13.4. The minimum absolute atomic E-state index is 0.0408. The Bertz CT molecular complexity index is 997. The van der Waals surface area contributed by atoms with Crippen molar-refractivity contribution in [1.29, 1.82) is 0 Å². The summed E-state index contributed by atoms with van der Waals surface area (Å²) in [4.78, 5) is 17.7. The standard InChI is InChI=1S/C22H27BrN4O4/c1-4-30-17-11-14(10-16(23)20(17)29-3)19-18(13(2)26-22-24-12-25-27(19)22)21(28)31-15-8-6-5-7-9-15/h10-12,15,19H,4-9H2,1-3H3,(H,24,25,26). The van der Waals surface area contributed by atoms with Crippen LogP contribution in [0, 0.1) is 0 Å². The summed E-state index contributed by atoms with van der Waals surface area (Å²) in [7, 11) is 1.60. The van der Waals surface area contributed by atoms with Gasteiger partial charge in [-0.15, -0.1) is 0 Å². The van der Waals surface area contributed by atoms with Crippen LogP contribution in [-0.4, -0.2) is 40.6 Å². The molecule has 1 aromatic carbocycles. The van der Waals surface area contributed by atoms with E-state index in [4.69, 9.17) is 14.2 Å². The highest BCUT2D eigenvalue weighted by molar-refractivity contribution is 9.10. The number of carbonyl (C=O) groups excluding carboxylic acids is 1. The van der Waals surface area contributed by atoms with Crippen molar-refractivity contribution in [3.63, 3.8) is 0 Å². The van der Waals surface area contributed by atoms with Gasteiger partial charge >= 0.3 is 5.97 Å². The van der Waals surface area contributed by atoms with Gasteiger partial charge in [0.25, 0.3) is 0 Å². The molecule has 0 radical (unpaired) electrons. The zero-order chi connectivity index (χ0) is 22.0. The molecule has 1 saturated carbocycles. The first-order valence-electron chi connectivity index (χ1n) is 10.6. The highest BCUT2D eigenvalue weighted by Gasteiger charge is 2.36. The summed E-state index contributed by atoms with van der Waals surface area (Å²) in [5, 5.41) is 7.58. The summed E-state index contributed by atoms with van der Waals surface area (Å²) in [5.41, 5.74) is 2.04. The second kappa shape index (κ2) is 9.30. The number of halogens is 1. The average Bonchev–Trinajstić information content (AvgIpc) is 3.21. The van der Waals surface area contributed by atoms with E-state index < -0.39 is 6.04 Å². The van der Waals surface area contributed by atoms with Crippen molar-refractivity contribution in [3.05, 3.63) is 39.8 Å². The first-order valence-corrected chi connectivity index (χ1v) is 11.4. The van der Waals surface area contributed by atoms with E-state index in [0.29, 0.717) is 35.3 Å². The fraction of sp³-hybridized carbons (Fsp3) is 0.500. The lowest BCUT2D eigenvalue weighted by atomic mass is 9.94. The summed E-state index contributed by atoms with van der Waals surface area (Å²) < 4.78 is 19.7. The average molecular weight is 491 g/mol. The quantitative estimate of drug-likeness (QED) is 0.591. The SMILES string of the molecule is CCOc1cc(C2C(C(=O)OC3CCCCC3)=C(C)Nc3ncnn32)cc(Br)c1OC. The molecule has 1 fully saturated rings. The van der Waals surface area contributed by atoms with E-state index in [0.717, 1.165) is 35.7 Å². The Balaban J connectivity index is 1.77. The third-order valence-electron chi connectivity index (χ3n) is 5.69. The summed E-state index contributed by atoms with van der Waals surface area (Å²) in [6, 6.07) is 3.30. The lowest BCUT2D eigenvalue weighted by Crippen LogP contribution is -2.32. The van der Waals surface area contributed by atoms with Crippen molar-refractivity contribution in [2.24, 2.45) is 0 Å². The second-order valence-corrected chi connectivity index (χ2v) is 8.58. The number of fused-ring (bicyclic) bond motifs is 1. The van der Waals surface area contributed by atoms with Gasteiger partial charge in [0.2, 0.25) is 5.95 Å². The molecule has 2 aromatic rings. The molecule has 1 aromatic heterocycles. The number of allylic oxidation sites excluding steroid dienone is 1. The number of nitrogens with zero attached hydrogens (tertiary/aromatic N) is 3. The van der Waals surface area contributed by atoms with Crippen LogP contribution in [0.2, 0.25) is 0 Å². The van der Waals surface area contributed by atoms with Crippen molar-refractivity contribution >= 4 is 27.8 Å². The number of anilines is 1. The minimum Gasteiger partial charge on any atom is -0.492 e. The summed E-state index contributed by atoms with van der Waals surface area (Å²) >= 11 is 3.58. The molecule has 0 amide bonds. The molecule has 31 heavy (non-hydrogen) atoms. The van der Waals surface area contributed by atoms with Crippen molar-refractivity contribution in [3.8, 4) is 11.5 Å². The number of ether oxygens (including phenoxy) is 3. The van der Waals surface area contributed by atoms with Crippen LogP contribution in [0.15, 0.2) is 34.2 Å². The number of esters is 1. The number of carbonyl (C=O) groups is 1. The first-order chi connectivity index (χ1) is 15.0. The third-order valence-corrected chi connectivity index (χ3v) is 6.28. The van der Waals surface area contributed by atoms with Crippen LogP contribution in [0.3, 0.4) is 0 Å². The van der Waals surface area contributed by atoms with E-state index in [-0.39, 0.29) is 12.1 Å². The predicted molar refractivity (Wildman–Crippen MR) is 119 cm³/mol. The van der Waals surface area contributed by atoms with Crippen LogP contribution >= 0.6 is 15.9 Å². The van der Waals surface area contributed by atoms with E-state index >= 15 is 0 Å². The Kier molecular flexibility index (Phi) is 6.50. The number of rotatable bonds is 6. The lowest BCUT2D eigenvalue weighted by Gasteiger charge is -2.30. The Morgan fingerprint density at radius 3 is 2.77 bits per heavy atom. The topological polar surface area (TPSA) is 87.5 Å². The molecule has 4 rings (SSSR count). The molecular weight excluding hydrogens is 464 g/mol. The van der Waals surface area contributed by atoms with E-state index in [2.05, 4.69) is 31.3 Å². The zero-order valence-corrected chi connectivity index (χ0v) is 19.6. The van der Waals surface area contributed by atoms with Crippen LogP contribution in [0.25, 0.3) is 0 Å². The molecule has 2 heterocycles. The summed E-state index contributed by atoms with van der Waals surface area (Å²) in [6.45, 7) is 4.26. The van der Waals surface area contributed by atoms with E-state index in [1.165, 1.54) is 12.7 Å². The molecule has 166 valence electrons. The molecule has 1 aliphatic carbocycles. The van der Waals surface area contributed by atoms with Gasteiger partial charge in [-0.1, -0.05) is 6.42 Å². The number of hydrogen-bond donors (Lipinski definition) is 1. The smallest absolute Gasteiger partial charge is 0.338 e. The fourth-order valence-electron chi connectivity index (χ4n) is 4.27. The largest absolute Gasteiger partial charge is 0.492 e. The van der Waals surface area contributed by atoms with E-state index in [1.807, 2.05) is 26.0 Å². The van der Waals surface area contributed by atoms with Crippen molar-refractivity contribution in [1.82, 2.24) is 14.8 Å². The highest BCUT2D eigenvalue weighted by atomic mass is 79.9. The van der Waals surface area contributed by atoms with Crippen LogP contribution in [0.1, 0.15) is 57.6 Å². The number of methoxy groups -OCH3 is 1. The first kappa shape index (κ1) is 21.7. The number of nitrogens with one attached hydrogen (secondary N) is 1. The predicted octanol–water partition coefficient (Wildman–Crippen LogP) is 4.61. The maximum atomic E-state index is 13.4. The van der Waals surface area contributed by atoms with Gasteiger partial charge in [0.05, 0.1) is 23.8 Å². The Morgan fingerprint density at radius 2 is 2.06 bits per heavy atom. The van der Waals surface area contributed by atoms with Gasteiger partial charge in [0.15, 0.2) is 11.5 Å². The zero-order valence-electron chi connectivity index (χ0n) is 18.0. The van der Waals surface area contributed by atoms with Crippen molar-refractivity contribution in [2.75, 3.05) is 19.0 Å². The lowest BCUT2D eigenvalue weighted by molar-refractivity contribution is -0.146. The van der Waals surface area contributed by atoms with Gasteiger partial charge in [0.1, 0.15) is 18.5 Å². The molecule has 0 bridgehead atoms. The molecule has 0 spiro atoms. The van der Waals surface area contributed by atoms with Crippen LogP contribution in [0.4, 0.5) is 5.95 Å². The second-order valence-electron chi connectivity index (χ2n) is 7.73. The number of aromatic nitrogens is 3. The van der Waals surface area contributed by atoms with Crippen LogP contribution in [0.5, 0.6) is 11.5 Å². The molecule has 1 atom stereocenters. The molecule has 9 heteroatoms. The maximum Gasteiger partial charge on any atom is 0.338 e. The van der Waals surface area contributed by atoms with Gasteiger partial charge in [0, 0.05) is 5.70 Å². The highest BCUT2D eigenvalue weighted by Crippen LogP contribution is 2.43. The van der Waals surface area contributed by atoms with Crippen molar-refractivity contribution < 1.29 is 19.0 Å². The van der Waals surface area contributed by atoms with Crippen LogP contribution in [-0.2, 0) is 9.53 Å². The normalized spacial score (nSPS) is 18.9. The third kappa shape index (κ3) is 4.28.